The minimum absolute atomic E-state index is 0.154. The quantitative estimate of drug-likeness (QED) is 0.773. The Balaban J connectivity index is 2.11. The van der Waals surface area contributed by atoms with Crippen molar-refractivity contribution < 1.29 is 13.2 Å². The number of rotatable bonds is 2. The van der Waals surface area contributed by atoms with Crippen molar-refractivity contribution in [3.63, 3.8) is 0 Å². The van der Waals surface area contributed by atoms with Crippen molar-refractivity contribution in [1.29, 1.82) is 0 Å². The van der Waals surface area contributed by atoms with Crippen molar-refractivity contribution >= 4 is 5.82 Å². The van der Waals surface area contributed by atoms with Crippen molar-refractivity contribution in [3.8, 4) is 0 Å². The highest BCUT2D eigenvalue weighted by Crippen LogP contribution is 2.26. The van der Waals surface area contributed by atoms with Gasteiger partial charge >= 0.3 is 6.18 Å². The topological polar surface area (TPSA) is 49.8 Å². The van der Waals surface area contributed by atoms with Crippen LogP contribution in [0.1, 0.15) is 5.82 Å². The van der Waals surface area contributed by atoms with Crippen LogP contribution in [0.4, 0.5) is 19.0 Å². The van der Waals surface area contributed by atoms with E-state index < -0.39 is 12.0 Å². The van der Waals surface area contributed by atoms with Gasteiger partial charge in [0.1, 0.15) is 5.82 Å². The standard InChI is InChI=1S/C8H9F3N4/c9-8(10,11)7-13-2-1-6(15-7)14-5-3-12-4-5/h1-2,5,12H,3-4H2,(H,13,14,15). The molecule has 1 aliphatic heterocycles. The van der Waals surface area contributed by atoms with E-state index in [1.54, 1.807) is 0 Å². The summed E-state index contributed by atoms with van der Waals surface area (Å²) in [6.45, 7) is 1.48. The van der Waals surface area contributed by atoms with E-state index in [9.17, 15) is 13.2 Å². The third-order valence-corrected chi connectivity index (χ3v) is 2.04. The van der Waals surface area contributed by atoms with Crippen molar-refractivity contribution in [2.24, 2.45) is 0 Å². The average Bonchev–Trinajstić information content (AvgIpc) is 2.11. The molecule has 4 nitrogen and oxygen atoms in total. The third kappa shape index (κ3) is 2.35. The molecule has 1 fully saturated rings. The van der Waals surface area contributed by atoms with Gasteiger partial charge in [0.15, 0.2) is 0 Å². The highest BCUT2D eigenvalue weighted by molar-refractivity contribution is 5.35. The Morgan fingerprint density at radius 1 is 1.40 bits per heavy atom. The van der Waals surface area contributed by atoms with E-state index in [0.29, 0.717) is 0 Å². The summed E-state index contributed by atoms with van der Waals surface area (Å²) in [5.41, 5.74) is 0. The van der Waals surface area contributed by atoms with E-state index in [1.807, 2.05) is 0 Å². The predicted octanol–water partition coefficient (Wildman–Crippen LogP) is 0.879. The van der Waals surface area contributed by atoms with Crippen molar-refractivity contribution in [1.82, 2.24) is 15.3 Å². The van der Waals surface area contributed by atoms with Gasteiger partial charge in [-0.25, -0.2) is 9.97 Å². The SMILES string of the molecule is FC(F)(F)c1nccc(NC2CNC2)n1. The van der Waals surface area contributed by atoms with Gasteiger partial charge in [0.25, 0.3) is 0 Å². The maximum atomic E-state index is 12.2. The van der Waals surface area contributed by atoms with Gasteiger partial charge in [-0.1, -0.05) is 0 Å². The molecule has 15 heavy (non-hydrogen) atoms. The number of nitrogens with zero attached hydrogens (tertiary/aromatic N) is 2. The molecule has 2 rings (SSSR count). The summed E-state index contributed by atoms with van der Waals surface area (Å²) in [6.07, 6.45) is -3.39. The van der Waals surface area contributed by atoms with Gasteiger partial charge in [-0.05, 0) is 6.07 Å². The maximum Gasteiger partial charge on any atom is 0.451 e. The van der Waals surface area contributed by atoms with Crippen molar-refractivity contribution in [2.45, 2.75) is 12.2 Å². The summed E-state index contributed by atoms with van der Waals surface area (Å²) in [7, 11) is 0. The second kappa shape index (κ2) is 3.65. The molecule has 0 atom stereocenters. The maximum absolute atomic E-state index is 12.2. The molecule has 82 valence electrons. The summed E-state index contributed by atoms with van der Waals surface area (Å²) in [5.74, 6) is -0.899. The average molecular weight is 218 g/mol. The molecule has 0 saturated carbocycles. The molecule has 0 unspecified atom stereocenters. The smallest absolute Gasteiger partial charge is 0.365 e. The summed E-state index contributed by atoms with van der Waals surface area (Å²) >= 11 is 0. The number of anilines is 1. The normalized spacial score (nSPS) is 17.3. The highest BCUT2D eigenvalue weighted by atomic mass is 19.4. The van der Waals surface area contributed by atoms with Crippen LogP contribution in [-0.2, 0) is 6.18 Å². The van der Waals surface area contributed by atoms with Crippen LogP contribution >= 0.6 is 0 Å². The van der Waals surface area contributed by atoms with Gasteiger partial charge in [0.2, 0.25) is 5.82 Å². The van der Waals surface area contributed by atoms with Gasteiger partial charge in [-0.3, -0.25) is 0 Å². The van der Waals surface area contributed by atoms with E-state index in [1.165, 1.54) is 6.07 Å². The minimum Gasteiger partial charge on any atom is -0.365 e. The summed E-state index contributed by atoms with van der Waals surface area (Å²) < 4.78 is 36.7. The number of nitrogens with one attached hydrogen (secondary N) is 2. The third-order valence-electron chi connectivity index (χ3n) is 2.04. The van der Waals surface area contributed by atoms with Gasteiger partial charge in [0, 0.05) is 19.3 Å². The first kappa shape index (κ1) is 10.2. The lowest BCUT2D eigenvalue weighted by Gasteiger charge is -2.28. The number of hydrogen-bond acceptors (Lipinski definition) is 4. The van der Waals surface area contributed by atoms with Gasteiger partial charge in [-0.15, -0.1) is 0 Å². The molecular weight excluding hydrogens is 209 g/mol. The van der Waals surface area contributed by atoms with Crippen LogP contribution < -0.4 is 10.6 Å². The van der Waals surface area contributed by atoms with Crippen LogP contribution in [0, 0.1) is 0 Å². The molecule has 0 radical (unpaired) electrons. The van der Waals surface area contributed by atoms with E-state index >= 15 is 0 Å². The predicted molar refractivity (Wildman–Crippen MR) is 47.3 cm³/mol. The molecule has 0 amide bonds. The Morgan fingerprint density at radius 2 is 2.13 bits per heavy atom. The fourth-order valence-corrected chi connectivity index (χ4v) is 1.18. The Labute approximate surface area is 83.9 Å². The van der Waals surface area contributed by atoms with E-state index in [4.69, 9.17) is 0 Å². The lowest BCUT2D eigenvalue weighted by Crippen LogP contribution is -2.51. The van der Waals surface area contributed by atoms with Gasteiger partial charge < -0.3 is 10.6 Å². The van der Waals surface area contributed by atoms with Crippen LogP contribution in [0.25, 0.3) is 0 Å². The molecule has 0 aromatic carbocycles. The molecule has 0 aliphatic carbocycles. The molecule has 0 bridgehead atoms. The van der Waals surface area contributed by atoms with E-state index in [0.717, 1.165) is 19.3 Å². The number of aromatic nitrogens is 2. The minimum atomic E-state index is -4.49. The fraction of sp³-hybridized carbons (Fsp3) is 0.500. The second-order valence-electron chi connectivity index (χ2n) is 3.26. The van der Waals surface area contributed by atoms with Crippen molar-refractivity contribution in [3.05, 3.63) is 18.1 Å². The first-order chi connectivity index (χ1) is 7.05. The fourth-order valence-electron chi connectivity index (χ4n) is 1.18. The summed E-state index contributed by atoms with van der Waals surface area (Å²) in [4.78, 5) is 6.56. The summed E-state index contributed by atoms with van der Waals surface area (Å²) in [5, 5.41) is 5.88. The lowest BCUT2D eigenvalue weighted by atomic mass is 10.2. The molecule has 2 N–H and O–H groups in total. The Hall–Kier alpha value is -1.37. The van der Waals surface area contributed by atoms with Crippen LogP contribution in [0.15, 0.2) is 12.3 Å². The van der Waals surface area contributed by atoms with Gasteiger partial charge in [0.05, 0.1) is 6.04 Å². The van der Waals surface area contributed by atoms with Crippen molar-refractivity contribution in [2.75, 3.05) is 18.4 Å². The molecule has 7 heteroatoms. The molecule has 1 aliphatic rings. The second-order valence-corrected chi connectivity index (χ2v) is 3.26. The van der Waals surface area contributed by atoms with Crippen LogP contribution in [0.2, 0.25) is 0 Å². The zero-order valence-corrected chi connectivity index (χ0v) is 7.67. The first-order valence-electron chi connectivity index (χ1n) is 4.43. The van der Waals surface area contributed by atoms with E-state index in [2.05, 4.69) is 20.6 Å². The first-order valence-corrected chi connectivity index (χ1v) is 4.43. The van der Waals surface area contributed by atoms with Crippen LogP contribution in [0.3, 0.4) is 0 Å². The largest absolute Gasteiger partial charge is 0.451 e. The number of hydrogen-bond donors (Lipinski definition) is 2. The van der Waals surface area contributed by atoms with Gasteiger partial charge in [-0.2, -0.15) is 13.2 Å². The molecule has 2 heterocycles. The highest BCUT2D eigenvalue weighted by Gasteiger charge is 2.34. The molecular formula is C8H9F3N4. The summed E-state index contributed by atoms with van der Waals surface area (Å²) in [6, 6.07) is 1.58. The lowest BCUT2D eigenvalue weighted by molar-refractivity contribution is -0.144. The molecule has 0 spiro atoms. The zero-order chi connectivity index (χ0) is 10.9. The monoisotopic (exact) mass is 218 g/mol. The Morgan fingerprint density at radius 3 is 2.67 bits per heavy atom. The zero-order valence-electron chi connectivity index (χ0n) is 7.67. The van der Waals surface area contributed by atoms with Crippen LogP contribution in [-0.4, -0.2) is 29.1 Å². The molecule has 1 saturated heterocycles. The Kier molecular flexibility index (Phi) is 2.47. The number of alkyl halides is 3. The molecule has 1 aromatic rings. The number of halogens is 3. The Bertz CT molecular complexity index is 348. The molecule has 1 aromatic heterocycles. The van der Waals surface area contributed by atoms with E-state index in [-0.39, 0.29) is 11.9 Å². The van der Waals surface area contributed by atoms with Crippen LogP contribution in [0.5, 0.6) is 0 Å².